The summed E-state index contributed by atoms with van der Waals surface area (Å²) < 4.78 is 14.8. The molecule has 1 aliphatic heterocycles. The molecule has 0 bridgehead atoms. The maximum absolute atomic E-state index is 13.1. The van der Waals surface area contributed by atoms with Crippen molar-refractivity contribution in [3.05, 3.63) is 64.7 Å². The van der Waals surface area contributed by atoms with Gasteiger partial charge in [-0.1, -0.05) is 12.1 Å². The molecule has 8 nitrogen and oxygen atoms in total. The van der Waals surface area contributed by atoms with E-state index < -0.39 is 5.92 Å². The van der Waals surface area contributed by atoms with Crippen molar-refractivity contribution in [1.29, 1.82) is 0 Å². The maximum Gasteiger partial charge on any atom is 0.237 e. The van der Waals surface area contributed by atoms with Gasteiger partial charge >= 0.3 is 0 Å². The first-order valence-corrected chi connectivity index (χ1v) is 10.7. The molecule has 2 aromatic heterocycles. The van der Waals surface area contributed by atoms with Crippen LogP contribution in [-0.2, 0) is 29.7 Å². The zero-order chi connectivity index (χ0) is 22.0. The van der Waals surface area contributed by atoms with Crippen molar-refractivity contribution in [2.45, 2.75) is 19.0 Å². The fourth-order valence-corrected chi connectivity index (χ4v) is 4.24. The highest BCUT2D eigenvalue weighted by atomic mass is 32.1. The van der Waals surface area contributed by atoms with E-state index in [0.717, 1.165) is 11.1 Å². The largest absolute Gasteiger partial charge is 0.336 e. The number of benzene rings is 1. The van der Waals surface area contributed by atoms with E-state index in [-0.39, 0.29) is 30.7 Å². The van der Waals surface area contributed by atoms with E-state index >= 15 is 0 Å². The van der Waals surface area contributed by atoms with E-state index in [4.69, 9.17) is 0 Å². The zero-order valence-corrected chi connectivity index (χ0v) is 18.1. The molecule has 3 heterocycles. The van der Waals surface area contributed by atoms with Gasteiger partial charge in [0.05, 0.1) is 12.2 Å². The molecule has 0 spiro atoms. The van der Waals surface area contributed by atoms with Crippen LogP contribution in [0.3, 0.4) is 0 Å². The number of aryl methyl sites for hydroxylation is 1. The number of hydrogen-bond acceptors (Lipinski definition) is 6. The van der Waals surface area contributed by atoms with E-state index in [2.05, 4.69) is 15.4 Å². The molecule has 1 unspecified atom stereocenters. The number of carbonyl (C=O) groups is 2. The summed E-state index contributed by atoms with van der Waals surface area (Å²) in [7, 11) is 3.64. The van der Waals surface area contributed by atoms with E-state index in [1.807, 2.05) is 18.1 Å². The Kier molecular flexibility index (Phi) is 6.10. The first-order valence-electron chi connectivity index (χ1n) is 9.82. The van der Waals surface area contributed by atoms with Crippen LogP contribution in [0.25, 0.3) is 0 Å². The Bertz CT molecular complexity index is 1070. The highest BCUT2D eigenvalue weighted by molar-refractivity contribution is 7.13. The monoisotopic (exact) mass is 442 g/mol. The Morgan fingerprint density at radius 3 is 2.81 bits per heavy atom. The summed E-state index contributed by atoms with van der Waals surface area (Å²) in [6, 6.07) is 6.23. The lowest BCUT2D eigenvalue weighted by Gasteiger charge is -2.32. The minimum atomic E-state index is -0.569. The van der Waals surface area contributed by atoms with Gasteiger partial charge in [0.15, 0.2) is 5.13 Å². The lowest BCUT2D eigenvalue weighted by atomic mass is 9.95. The van der Waals surface area contributed by atoms with Gasteiger partial charge in [-0.25, -0.2) is 9.37 Å². The van der Waals surface area contributed by atoms with Crippen molar-refractivity contribution in [3.63, 3.8) is 0 Å². The molecule has 0 radical (unpaired) electrons. The minimum absolute atomic E-state index is 0.0776. The summed E-state index contributed by atoms with van der Waals surface area (Å²) >= 11 is 1.34. The van der Waals surface area contributed by atoms with Crippen LogP contribution in [0.2, 0.25) is 0 Å². The summed E-state index contributed by atoms with van der Waals surface area (Å²) in [5, 5.41) is 9.59. The van der Waals surface area contributed by atoms with Gasteiger partial charge in [0.2, 0.25) is 11.8 Å². The Morgan fingerprint density at radius 1 is 1.32 bits per heavy atom. The van der Waals surface area contributed by atoms with Crippen LogP contribution in [-0.4, -0.2) is 56.5 Å². The van der Waals surface area contributed by atoms with Gasteiger partial charge < -0.3 is 10.2 Å². The topological polar surface area (TPSA) is 83.4 Å². The average molecular weight is 443 g/mol. The first-order chi connectivity index (χ1) is 14.9. The predicted octanol–water partition coefficient (Wildman–Crippen LogP) is 2.21. The van der Waals surface area contributed by atoms with Crippen LogP contribution < -0.4 is 5.32 Å². The molecule has 0 saturated carbocycles. The molecule has 1 aromatic carbocycles. The van der Waals surface area contributed by atoms with E-state index in [1.165, 1.54) is 23.5 Å². The van der Waals surface area contributed by atoms with Crippen molar-refractivity contribution in [1.82, 2.24) is 24.6 Å². The van der Waals surface area contributed by atoms with Crippen LogP contribution in [0, 0.1) is 5.82 Å². The molecule has 10 heteroatoms. The molecule has 1 atom stereocenters. The number of aromatic nitrogens is 3. The van der Waals surface area contributed by atoms with Crippen molar-refractivity contribution >= 4 is 28.3 Å². The Labute approximate surface area is 183 Å². The average Bonchev–Trinajstić information content (AvgIpc) is 3.37. The van der Waals surface area contributed by atoms with Crippen LogP contribution >= 0.6 is 11.3 Å². The second-order valence-corrected chi connectivity index (χ2v) is 8.56. The molecule has 0 aliphatic carbocycles. The maximum atomic E-state index is 13.1. The minimum Gasteiger partial charge on any atom is -0.336 e. The van der Waals surface area contributed by atoms with Gasteiger partial charge in [0, 0.05) is 50.0 Å². The number of rotatable bonds is 6. The van der Waals surface area contributed by atoms with Crippen molar-refractivity contribution < 1.29 is 14.0 Å². The molecule has 4 rings (SSSR count). The Balaban J connectivity index is 1.45. The standard InChI is InChI=1S/C21H23FN6O2S/c1-26(9-14-3-5-16(22)6-4-14)13-18(29)28-11-15-10-27(2)25-19(15)17(12-28)20(30)24-21-23-7-8-31-21/h3-8,10,17H,9,11-13H2,1-2H3,(H,23,24,30). The third-order valence-corrected chi connectivity index (χ3v) is 5.82. The van der Waals surface area contributed by atoms with Gasteiger partial charge in [0.1, 0.15) is 11.7 Å². The highest BCUT2D eigenvalue weighted by Crippen LogP contribution is 2.28. The molecule has 1 N–H and O–H groups in total. The van der Waals surface area contributed by atoms with Crippen LogP contribution in [0.4, 0.5) is 9.52 Å². The Morgan fingerprint density at radius 2 is 2.10 bits per heavy atom. The predicted molar refractivity (Wildman–Crippen MR) is 115 cm³/mol. The second-order valence-electron chi connectivity index (χ2n) is 7.67. The van der Waals surface area contributed by atoms with Gasteiger partial charge in [-0.2, -0.15) is 5.10 Å². The number of anilines is 1. The summed E-state index contributed by atoms with van der Waals surface area (Å²) in [6.07, 6.45) is 3.47. The van der Waals surface area contributed by atoms with Gasteiger partial charge in [0.25, 0.3) is 0 Å². The number of halogens is 1. The molecule has 31 heavy (non-hydrogen) atoms. The number of thiazole rings is 1. The molecule has 1 aliphatic rings. The second kappa shape index (κ2) is 8.94. The summed E-state index contributed by atoms with van der Waals surface area (Å²) in [5.74, 6) is -1.16. The fourth-order valence-electron chi connectivity index (χ4n) is 3.71. The number of nitrogens with zero attached hydrogens (tertiary/aromatic N) is 5. The normalized spacial score (nSPS) is 15.7. The molecule has 162 valence electrons. The van der Waals surface area contributed by atoms with Gasteiger partial charge in [-0.15, -0.1) is 11.3 Å². The third kappa shape index (κ3) is 4.97. The van der Waals surface area contributed by atoms with Crippen molar-refractivity contribution in [2.75, 3.05) is 25.5 Å². The van der Waals surface area contributed by atoms with E-state index in [9.17, 15) is 14.0 Å². The molecule has 0 saturated heterocycles. The summed E-state index contributed by atoms with van der Waals surface area (Å²) in [4.78, 5) is 33.6. The summed E-state index contributed by atoms with van der Waals surface area (Å²) in [6.45, 7) is 1.37. The SMILES string of the molecule is CN(CC(=O)N1Cc2cn(C)nc2C(C(=O)Nc2nccs2)C1)Cc1ccc(F)cc1. The van der Waals surface area contributed by atoms with Gasteiger partial charge in [-0.05, 0) is 24.7 Å². The molecular weight excluding hydrogens is 419 g/mol. The number of likely N-dealkylation sites (N-methyl/N-ethyl adjacent to an activating group) is 1. The molecule has 3 aromatic rings. The lowest BCUT2D eigenvalue weighted by molar-refractivity contribution is -0.134. The fraction of sp³-hybridized carbons (Fsp3) is 0.333. The smallest absolute Gasteiger partial charge is 0.237 e. The van der Waals surface area contributed by atoms with Crippen LogP contribution in [0.1, 0.15) is 22.7 Å². The highest BCUT2D eigenvalue weighted by Gasteiger charge is 2.35. The number of carbonyl (C=O) groups excluding carboxylic acids is 2. The lowest BCUT2D eigenvalue weighted by Crippen LogP contribution is -2.45. The van der Waals surface area contributed by atoms with Crippen LogP contribution in [0.5, 0.6) is 0 Å². The van der Waals surface area contributed by atoms with Gasteiger partial charge in [-0.3, -0.25) is 19.2 Å². The molecule has 0 fully saturated rings. The molecular formula is C21H23FN6O2S. The Hall–Kier alpha value is -3.11. The summed E-state index contributed by atoms with van der Waals surface area (Å²) in [5.41, 5.74) is 2.48. The first kappa shape index (κ1) is 21.1. The van der Waals surface area contributed by atoms with Crippen LogP contribution in [0.15, 0.2) is 42.0 Å². The third-order valence-electron chi connectivity index (χ3n) is 5.13. The van der Waals surface area contributed by atoms with E-state index in [0.29, 0.717) is 23.9 Å². The number of nitrogens with one attached hydrogen (secondary N) is 1. The van der Waals surface area contributed by atoms with Crippen molar-refractivity contribution in [3.8, 4) is 0 Å². The number of fused-ring (bicyclic) bond motifs is 1. The van der Waals surface area contributed by atoms with Crippen molar-refractivity contribution in [2.24, 2.45) is 7.05 Å². The van der Waals surface area contributed by atoms with E-state index in [1.54, 1.807) is 40.3 Å². The molecule has 2 amide bonds. The quantitative estimate of drug-likeness (QED) is 0.633. The number of amides is 2. The number of hydrogen-bond donors (Lipinski definition) is 1. The zero-order valence-electron chi connectivity index (χ0n) is 17.3.